The lowest BCUT2D eigenvalue weighted by Crippen LogP contribution is -2.38. The zero-order valence-electron chi connectivity index (χ0n) is 12.6. The molecule has 0 bridgehead atoms. The molecule has 0 saturated carbocycles. The van der Waals surface area contributed by atoms with Crippen LogP contribution in [0, 0.1) is 5.92 Å². The van der Waals surface area contributed by atoms with E-state index in [1.165, 1.54) is 13.2 Å². The summed E-state index contributed by atoms with van der Waals surface area (Å²) < 4.78 is 11.2. The molecule has 0 unspecified atom stereocenters. The van der Waals surface area contributed by atoms with E-state index in [1.54, 1.807) is 6.07 Å². The molecule has 6 heteroatoms. The molecule has 0 radical (unpaired) electrons. The van der Waals surface area contributed by atoms with Gasteiger partial charge in [0.1, 0.15) is 0 Å². The number of benzene rings is 1. The smallest absolute Gasteiger partial charge is 0.258 e. The molecule has 0 heterocycles. The van der Waals surface area contributed by atoms with E-state index in [9.17, 15) is 9.59 Å². The summed E-state index contributed by atoms with van der Waals surface area (Å²) in [6.45, 7) is 5.86. The summed E-state index contributed by atoms with van der Waals surface area (Å²) in [7, 11) is 1.50. The van der Waals surface area contributed by atoms with Crippen molar-refractivity contribution in [1.82, 2.24) is 5.32 Å². The second kappa shape index (κ2) is 8.02. The van der Waals surface area contributed by atoms with Gasteiger partial charge in [-0.25, -0.2) is 0 Å². The minimum Gasteiger partial charge on any atom is -0.493 e. The van der Waals surface area contributed by atoms with Crippen LogP contribution in [0.5, 0.6) is 11.5 Å². The molecule has 0 fully saturated rings. The first-order chi connectivity index (χ1) is 9.88. The van der Waals surface area contributed by atoms with Gasteiger partial charge in [-0.05, 0) is 40.9 Å². The van der Waals surface area contributed by atoms with E-state index in [2.05, 4.69) is 21.2 Å². The highest BCUT2D eigenvalue weighted by Gasteiger charge is 2.14. The van der Waals surface area contributed by atoms with E-state index in [4.69, 9.17) is 9.47 Å². The summed E-state index contributed by atoms with van der Waals surface area (Å²) in [4.78, 5) is 22.7. The van der Waals surface area contributed by atoms with Crippen LogP contribution in [0.1, 0.15) is 31.1 Å². The summed E-state index contributed by atoms with van der Waals surface area (Å²) >= 11 is 3.26. The molecule has 1 atom stereocenters. The molecule has 0 saturated heterocycles. The highest BCUT2D eigenvalue weighted by atomic mass is 79.9. The van der Waals surface area contributed by atoms with Crippen LogP contribution in [0.4, 0.5) is 0 Å². The first kappa shape index (κ1) is 17.5. The van der Waals surface area contributed by atoms with Gasteiger partial charge >= 0.3 is 0 Å². The Hall–Kier alpha value is -1.56. The molecule has 1 aromatic rings. The van der Waals surface area contributed by atoms with Gasteiger partial charge in [-0.2, -0.15) is 0 Å². The molecule has 0 aliphatic rings. The van der Waals surface area contributed by atoms with E-state index in [0.717, 1.165) is 0 Å². The van der Waals surface area contributed by atoms with E-state index >= 15 is 0 Å². The Morgan fingerprint density at radius 2 is 2.00 bits per heavy atom. The molecule has 1 amide bonds. The molecule has 116 valence electrons. The van der Waals surface area contributed by atoms with Gasteiger partial charge in [0.2, 0.25) is 0 Å². The third-order valence-electron chi connectivity index (χ3n) is 3.16. The Bertz CT molecular complexity index is 517. The number of halogens is 1. The van der Waals surface area contributed by atoms with Crippen LogP contribution in [0.25, 0.3) is 0 Å². The summed E-state index contributed by atoms with van der Waals surface area (Å²) in [5, 5.41) is 2.84. The lowest BCUT2D eigenvalue weighted by atomic mass is 10.1. The number of amides is 1. The second-order valence-corrected chi connectivity index (χ2v) is 5.89. The number of ether oxygens (including phenoxy) is 2. The Morgan fingerprint density at radius 3 is 2.52 bits per heavy atom. The number of carbonyl (C=O) groups is 2. The largest absolute Gasteiger partial charge is 0.493 e. The molecule has 0 aliphatic carbocycles. The van der Waals surface area contributed by atoms with Gasteiger partial charge in [-0.3, -0.25) is 9.59 Å². The summed E-state index contributed by atoms with van der Waals surface area (Å²) in [6, 6.07) is 3.24. The SMILES string of the molecule is COc1cc(Br)c(C=O)cc1OCC(=O)N[C@H](C)C(C)C. The molecular formula is C15H20BrNO4. The topological polar surface area (TPSA) is 64.6 Å². The van der Waals surface area contributed by atoms with Gasteiger partial charge < -0.3 is 14.8 Å². The monoisotopic (exact) mass is 357 g/mol. The third-order valence-corrected chi connectivity index (χ3v) is 3.84. The van der Waals surface area contributed by atoms with Crippen LogP contribution in [0.2, 0.25) is 0 Å². The van der Waals surface area contributed by atoms with E-state index < -0.39 is 0 Å². The highest BCUT2D eigenvalue weighted by molar-refractivity contribution is 9.10. The van der Waals surface area contributed by atoms with Crippen molar-refractivity contribution >= 4 is 28.1 Å². The molecule has 1 N–H and O–H groups in total. The standard InChI is InChI=1S/C15H20BrNO4/c1-9(2)10(3)17-15(19)8-21-14-5-11(7-18)12(16)6-13(14)20-4/h5-7,9-10H,8H2,1-4H3,(H,17,19)/t10-/m1/s1. The Balaban J connectivity index is 2.74. The molecular weight excluding hydrogens is 338 g/mol. The van der Waals surface area contributed by atoms with Crippen molar-refractivity contribution in [2.24, 2.45) is 5.92 Å². The predicted octanol–water partition coefficient (Wildman–Crippen LogP) is 2.81. The van der Waals surface area contributed by atoms with Crippen LogP contribution in [0.15, 0.2) is 16.6 Å². The van der Waals surface area contributed by atoms with Crippen LogP contribution >= 0.6 is 15.9 Å². The van der Waals surface area contributed by atoms with Crippen molar-refractivity contribution in [3.8, 4) is 11.5 Å². The quantitative estimate of drug-likeness (QED) is 0.762. The minimum atomic E-state index is -0.214. The lowest BCUT2D eigenvalue weighted by Gasteiger charge is -2.18. The number of carbonyl (C=O) groups excluding carboxylic acids is 2. The molecule has 0 aliphatic heterocycles. The fourth-order valence-electron chi connectivity index (χ4n) is 1.52. The fraction of sp³-hybridized carbons (Fsp3) is 0.467. The average Bonchev–Trinajstić information content (AvgIpc) is 2.45. The van der Waals surface area contributed by atoms with Gasteiger partial charge in [0.05, 0.1) is 7.11 Å². The zero-order chi connectivity index (χ0) is 16.0. The van der Waals surface area contributed by atoms with E-state index in [-0.39, 0.29) is 18.6 Å². The summed E-state index contributed by atoms with van der Waals surface area (Å²) in [6.07, 6.45) is 0.706. The van der Waals surface area contributed by atoms with Gasteiger partial charge in [0.15, 0.2) is 24.4 Å². The van der Waals surface area contributed by atoms with E-state index in [1.807, 2.05) is 20.8 Å². The summed E-state index contributed by atoms with van der Waals surface area (Å²) in [5.41, 5.74) is 0.432. The van der Waals surface area contributed by atoms with Gasteiger partial charge in [0, 0.05) is 16.1 Å². The predicted molar refractivity (Wildman–Crippen MR) is 84.0 cm³/mol. The fourth-order valence-corrected chi connectivity index (χ4v) is 1.93. The van der Waals surface area contributed by atoms with Crippen LogP contribution in [-0.4, -0.2) is 32.0 Å². The molecule has 0 spiro atoms. The first-order valence-corrected chi connectivity index (χ1v) is 7.43. The van der Waals surface area contributed by atoms with Gasteiger partial charge in [-0.15, -0.1) is 0 Å². The number of nitrogens with one attached hydrogen (secondary N) is 1. The normalized spacial score (nSPS) is 11.9. The molecule has 5 nitrogen and oxygen atoms in total. The van der Waals surface area contributed by atoms with Crippen molar-refractivity contribution in [3.63, 3.8) is 0 Å². The zero-order valence-corrected chi connectivity index (χ0v) is 14.2. The van der Waals surface area contributed by atoms with E-state index in [0.29, 0.717) is 33.7 Å². The average molecular weight is 358 g/mol. The van der Waals surface area contributed by atoms with Crippen LogP contribution < -0.4 is 14.8 Å². The maximum atomic E-state index is 11.8. The van der Waals surface area contributed by atoms with Gasteiger partial charge in [0.25, 0.3) is 5.91 Å². The number of methoxy groups -OCH3 is 1. The summed E-state index contributed by atoms with van der Waals surface area (Å²) in [5.74, 6) is 0.944. The Labute approximate surface area is 133 Å². The van der Waals surface area contributed by atoms with Gasteiger partial charge in [-0.1, -0.05) is 13.8 Å². The van der Waals surface area contributed by atoms with Crippen molar-refractivity contribution in [2.45, 2.75) is 26.8 Å². The Kier molecular flexibility index (Phi) is 6.68. The number of rotatable bonds is 7. The molecule has 0 aromatic heterocycles. The molecule has 21 heavy (non-hydrogen) atoms. The highest BCUT2D eigenvalue weighted by Crippen LogP contribution is 2.32. The Morgan fingerprint density at radius 1 is 1.33 bits per heavy atom. The van der Waals surface area contributed by atoms with Crippen molar-refractivity contribution < 1.29 is 19.1 Å². The van der Waals surface area contributed by atoms with Crippen molar-refractivity contribution in [1.29, 1.82) is 0 Å². The van der Waals surface area contributed by atoms with Crippen LogP contribution in [0.3, 0.4) is 0 Å². The number of aldehydes is 1. The van der Waals surface area contributed by atoms with Crippen molar-refractivity contribution in [2.75, 3.05) is 13.7 Å². The molecule has 1 aromatic carbocycles. The first-order valence-electron chi connectivity index (χ1n) is 6.63. The number of hydrogen-bond donors (Lipinski definition) is 1. The maximum absolute atomic E-state index is 11.8. The van der Waals surface area contributed by atoms with Crippen molar-refractivity contribution in [3.05, 3.63) is 22.2 Å². The van der Waals surface area contributed by atoms with Crippen LogP contribution in [-0.2, 0) is 4.79 Å². The molecule has 1 rings (SSSR count). The lowest BCUT2D eigenvalue weighted by molar-refractivity contribution is -0.124. The second-order valence-electron chi connectivity index (χ2n) is 5.03. The number of hydrogen-bond acceptors (Lipinski definition) is 4. The minimum absolute atomic E-state index is 0.0680. The maximum Gasteiger partial charge on any atom is 0.258 e. The third kappa shape index (κ3) is 5.04.